The minimum atomic E-state index is -0.519. The molecule has 0 saturated carbocycles. The molecule has 0 spiro atoms. The maximum atomic E-state index is 11.7. The lowest BCUT2D eigenvalue weighted by atomic mass is 10.2. The van der Waals surface area contributed by atoms with E-state index >= 15 is 0 Å². The first kappa shape index (κ1) is 12.7. The van der Waals surface area contributed by atoms with E-state index < -0.39 is 6.10 Å². The zero-order valence-corrected chi connectivity index (χ0v) is 10.6. The van der Waals surface area contributed by atoms with E-state index in [1.165, 1.54) is 11.3 Å². The van der Waals surface area contributed by atoms with Crippen molar-refractivity contribution in [2.24, 2.45) is 0 Å². The Bertz CT molecular complexity index is 485. The molecule has 1 unspecified atom stereocenters. The number of hydrogen-bond acceptors (Lipinski definition) is 4. The van der Waals surface area contributed by atoms with Gasteiger partial charge in [0.05, 0.1) is 6.10 Å². The maximum absolute atomic E-state index is 11.7. The fourth-order valence-electron chi connectivity index (χ4n) is 1.53. The number of thiophene rings is 1. The van der Waals surface area contributed by atoms with E-state index in [4.69, 9.17) is 0 Å². The second-order valence-electron chi connectivity index (χ2n) is 3.79. The van der Waals surface area contributed by atoms with Gasteiger partial charge in [-0.05, 0) is 30.0 Å². The molecule has 0 aromatic carbocycles. The fourth-order valence-corrected chi connectivity index (χ4v) is 2.28. The molecule has 2 aromatic rings. The summed E-state index contributed by atoms with van der Waals surface area (Å²) in [5, 5.41) is 14.5. The van der Waals surface area contributed by atoms with Crippen molar-refractivity contribution in [1.29, 1.82) is 0 Å². The van der Waals surface area contributed by atoms with Crippen LogP contribution >= 0.6 is 11.3 Å². The van der Waals surface area contributed by atoms with Crippen LogP contribution in [0.2, 0.25) is 0 Å². The van der Waals surface area contributed by atoms with Crippen LogP contribution in [0.15, 0.2) is 41.9 Å². The molecule has 0 fully saturated rings. The first-order valence-electron chi connectivity index (χ1n) is 5.68. The summed E-state index contributed by atoms with van der Waals surface area (Å²) < 4.78 is 0. The molecule has 18 heavy (non-hydrogen) atoms. The minimum Gasteiger partial charge on any atom is -0.388 e. The molecule has 1 atom stereocenters. The first-order chi connectivity index (χ1) is 8.77. The predicted octanol–water partition coefficient (Wildman–Crippen LogP) is 2.00. The van der Waals surface area contributed by atoms with Crippen molar-refractivity contribution in [3.8, 4) is 0 Å². The molecule has 0 saturated heterocycles. The maximum Gasteiger partial charge on any atom is 0.269 e. The van der Waals surface area contributed by atoms with Crippen LogP contribution in [0.3, 0.4) is 0 Å². The minimum absolute atomic E-state index is 0.214. The SMILES string of the molecule is O=C(NCCC(O)c1cccs1)c1ccccn1. The van der Waals surface area contributed by atoms with Gasteiger partial charge in [0.2, 0.25) is 0 Å². The molecular weight excluding hydrogens is 248 g/mol. The van der Waals surface area contributed by atoms with Crippen LogP contribution in [0.25, 0.3) is 0 Å². The number of nitrogens with zero attached hydrogens (tertiary/aromatic N) is 1. The van der Waals surface area contributed by atoms with Gasteiger partial charge in [0.25, 0.3) is 5.91 Å². The molecule has 2 aromatic heterocycles. The number of aliphatic hydroxyl groups excluding tert-OH is 1. The molecule has 0 bridgehead atoms. The molecule has 0 aliphatic rings. The van der Waals surface area contributed by atoms with Gasteiger partial charge in [0.15, 0.2) is 0 Å². The Morgan fingerprint density at radius 1 is 1.39 bits per heavy atom. The van der Waals surface area contributed by atoms with Crippen molar-refractivity contribution in [2.45, 2.75) is 12.5 Å². The second-order valence-corrected chi connectivity index (χ2v) is 4.77. The van der Waals surface area contributed by atoms with Gasteiger partial charge in [-0.25, -0.2) is 0 Å². The van der Waals surface area contributed by atoms with Gasteiger partial charge in [-0.3, -0.25) is 9.78 Å². The summed E-state index contributed by atoms with van der Waals surface area (Å²) in [4.78, 5) is 16.5. The van der Waals surface area contributed by atoms with E-state index in [2.05, 4.69) is 10.3 Å². The number of nitrogens with one attached hydrogen (secondary N) is 1. The third kappa shape index (κ3) is 3.38. The van der Waals surface area contributed by atoms with Crippen molar-refractivity contribution in [1.82, 2.24) is 10.3 Å². The van der Waals surface area contributed by atoms with Gasteiger partial charge in [0, 0.05) is 17.6 Å². The van der Waals surface area contributed by atoms with Crippen molar-refractivity contribution in [2.75, 3.05) is 6.54 Å². The molecule has 2 N–H and O–H groups in total. The molecule has 0 aliphatic carbocycles. The largest absolute Gasteiger partial charge is 0.388 e. The van der Waals surface area contributed by atoms with Crippen molar-refractivity contribution in [3.63, 3.8) is 0 Å². The van der Waals surface area contributed by atoms with Crippen molar-refractivity contribution < 1.29 is 9.90 Å². The normalized spacial score (nSPS) is 12.1. The summed E-state index contributed by atoms with van der Waals surface area (Å²) in [6, 6.07) is 8.97. The summed E-state index contributed by atoms with van der Waals surface area (Å²) in [7, 11) is 0. The molecule has 2 heterocycles. The third-order valence-electron chi connectivity index (χ3n) is 2.47. The molecule has 5 heteroatoms. The van der Waals surface area contributed by atoms with Gasteiger partial charge >= 0.3 is 0 Å². The van der Waals surface area contributed by atoms with Gasteiger partial charge in [0.1, 0.15) is 5.69 Å². The Labute approximate surface area is 109 Å². The number of rotatable bonds is 5. The molecule has 0 aliphatic heterocycles. The predicted molar refractivity (Wildman–Crippen MR) is 70.5 cm³/mol. The van der Waals surface area contributed by atoms with E-state index in [0.717, 1.165) is 4.88 Å². The molecular formula is C13H14N2O2S. The summed E-state index contributed by atoms with van der Waals surface area (Å²) in [5.41, 5.74) is 0.392. The zero-order valence-electron chi connectivity index (χ0n) is 9.74. The van der Waals surface area contributed by atoms with Gasteiger partial charge in [-0.15, -0.1) is 11.3 Å². The second kappa shape index (κ2) is 6.28. The molecule has 0 radical (unpaired) electrons. The van der Waals surface area contributed by atoms with Crippen LogP contribution in [0.1, 0.15) is 27.9 Å². The summed E-state index contributed by atoms with van der Waals surface area (Å²) >= 11 is 1.51. The number of carbonyl (C=O) groups is 1. The average molecular weight is 262 g/mol. The Balaban J connectivity index is 1.77. The highest BCUT2D eigenvalue weighted by Crippen LogP contribution is 2.20. The summed E-state index contributed by atoms with van der Waals surface area (Å²) in [6.07, 6.45) is 1.56. The fraction of sp³-hybridized carbons (Fsp3) is 0.231. The Kier molecular flexibility index (Phi) is 4.44. The molecule has 2 rings (SSSR count). The van der Waals surface area contributed by atoms with Gasteiger partial charge < -0.3 is 10.4 Å². The van der Waals surface area contributed by atoms with Crippen molar-refractivity contribution >= 4 is 17.2 Å². The highest BCUT2D eigenvalue weighted by Gasteiger charge is 2.10. The number of aromatic nitrogens is 1. The van der Waals surface area contributed by atoms with Crippen molar-refractivity contribution in [3.05, 3.63) is 52.5 Å². The topological polar surface area (TPSA) is 62.2 Å². The highest BCUT2D eigenvalue weighted by molar-refractivity contribution is 7.10. The Morgan fingerprint density at radius 2 is 2.28 bits per heavy atom. The third-order valence-corrected chi connectivity index (χ3v) is 3.45. The van der Waals surface area contributed by atoms with Gasteiger partial charge in [-0.1, -0.05) is 12.1 Å². The highest BCUT2D eigenvalue weighted by atomic mass is 32.1. The van der Waals surface area contributed by atoms with Gasteiger partial charge in [-0.2, -0.15) is 0 Å². The van der Waals surface area contributed by atoms with Crippen LogP contribution < -0.4 is 5.32 Å². The summed E-state index contributed by atoms with van der Waals surface area (Å²) in [6.45, 7) is 0.425. The van der Waals surface area contributed by atoms with E-state index in [1.54, 1.807) is 24.4 Å². The first-order valence-corrected chi connectivity index (χ1v) is 6.56. The number of carbonyl (C=O) groups excluding carboxylic acids is 1. The Morgan fingerprint density at radius 3 is 2.94 bits per heavy atom. The molecule has 1 amide bonds. The van der Waals surface area contributed by atoms with Crippen LogP contribution in [0.4, 0.5) is 0 Å². The zero-order chi connectivity index (χ0) is 12.8. The smallest absolute Gasteiger partial charge is 0.269 e. The van der Waals surface area contributed by atoms with E-state index in [1.807, 2.05) is 17.5 Å². The van der Waals surface area contributed by atoms with Crippen LogP contribution in [-0.4, -0.2) is 22.5 Å². The quantitative estimate of drug-likeness (QED) is 0.866. The molecule has 94 valence electrons. The van der Waals surface area contributed by atoms with E-state index in [0.29, 0.717) is 18.7 Å². The molecule has 4 nitrogen and oxygen atoms in total. The van der Waals surface area contributed by atoms with Crippen LogP contribution in [0, 0.1) is 0 Å². The summed E-state index contributed by atoms with van der Waals surface area (Å²) in [5.74, 6) is -0.214. The standard InChI is InChI=1S/C13H14N2O2S/c16-11(12-5-3-9-18-12)6-8-15-13(17)10-4-1-2-7-14-10/h1-5,7,9,11,16H,6,8H2,(H,15,17). The number of amides is 1. The lowest BCUT2D eigenvalue weighted by Gasteiger charge is -2.09. The van der Waals surface area contributed by atoms with E-state index in [-0.39, 0.29) is 5.91 Å². The van der Waals surface area contributed by atoms with E-state index in [9.17, 15) is 9.90 Å². The lowest BCUT2D eigenvalue weighted by Crippen LogP contribution is -2.26. The van der Waals surface area contributed by atoms with Crippen LogP contribution in [0.5, 0.6) is 0 Å². The average Bonchev–Trinajstić information content (AvgIpc) is 2.93. The lowest BCUT2D eigenvalue weighted by molar-refractivity contribution is 0.0938. The van der Waals surface area contributed by atoms with Crippen LogP contribution in [-0.2, 0) is 0 Å². The number of aliphatic hydroxyl groups is 1. The number of hydrogen-bond donors (Lipinski definition) is 2. The monoisotopic (exact) mass is 262 g/mol. The Hall–Kier alpha value is -1.72. The number of pyridine rings is 1.